The van der Waals surface area contributed by atoms with Gasteiger partial charge in [-0.1, -0.05) is 12.8 Å². The van der Waals surface area contributed by atoms with E-state index in [1.807, 2.05) is 0 Å². The van der Waals surface area contributed by atoms with Crippen molar-refractivity contribution in [3.8, 4) is 0 Å². The standard InChI is InChI=1S/C19H30N4O/c1-2-6-18(5-1)23-9-3-4-16(15-23)14-17-7-8-19(21-20-17)22-10-12-24-13-11-22/h7-8,16,18H,1-6,9-15H2/t16-/m1/s1. The summed E-state index contributed by atoms with van der Waals surface area (Å²) in [5.74, 6) is 1.75. The molecule has 1 aromatic heterocycles. The van der Waals surface area contributed by atoms with Crippen LogP contribution >= 0.6 is 0 Å². The number of morpholine rings is 1. The Balaban J connectivity index is 1.32. The van der Waals surface area contributed by atoms with Gasteiger partial charge in [0.05, 0.1) is 18.9 Å². The fourth-order valence-electron chi connectivity index (χ4n) is 4.58. The van der Waals surface area contributed by atoms with Crippen LogP contribution in [0.3, 0.4) is 0 Å². The van der Waals surface area contributed by atoms with E-state index >= 15 is 0 Å². The van der Waals surface area contributed by atoms with Crippen LogP contribution in [0.2, 0.25) is 0 Å². The van der Waals surface area contributed by atoms with Crippen LogP contribution in [0.15, 0.2) is 12.1 Å². The van der Waals surface area contributed by atoms with Gasteiger partial charge in [0.15, 0.2) is 5.82 Å². The molecule has 2 saturated heterocycles. The summed E-state index contributed by atoms with van der Waals surface area (Å²) in [6, 6.07) is 5.19. The van der Waals surface area contributed by atoms with Crippen LogP contribution in [0.25, 0.3) is 0 Å². The van der Waals surface area contributed by atoms with Gasteiger partial charge in [-0.3, -0.25) is 0 Å². The van der Waals surface area contributed by atoms with E-state index in [4.69, 9.17) is 4.74 Å². The van der Waals surface area contributed by atoms with Crippen molar-refractivity contribution >= 4 is 5.82 Å². The zero-order valence-electron chi connectivity index (χ0n) is 14.7. The Bertz CT molecular complexity index is 509. The smallest absolute Gasteiger partial charge is 0.151 e. The van der Waals surface area contributed by atoms with Crippen molar-refractivity contribution in [2.75, 3.05) is 44.3 Å². The first-order valence-corrected chi connectivity index (χ1v) is 9.78. The molecule has 1 saturated carbocycles. The SMILES string of the molecule is c1cc(N2CCOCC2)nnc1C[C@H]1CCCN(C2CCCC2)C1. The summed E-state index contributed by atoms with van der Waals surface area (Å²) in [6.07, 6.45) is 9.47. The highest BCUT2D eigenvalue weighted by Crippen LogP contribution is 2.29. The molecule has 5 nitrogen and oxygen atoms in total. The van der Waals surface area contributed by atoms with E-state index in [1.165, 1.54) is 51.6 Å². The molecule has 24 heavy (non-hydrogen) atoms. The van der Waals surface area contributed by atoms with Crippen LogP contribution < -0.4 is 4.90 Å². The van der Waals surface area contributed by atoms with Crippen LogP contribution in [0.5, 0.6) is 0 Å². The molecule has 0 N–H and O–H groups in total. The lowest BCUT2D eigenvalue weighted by atomic mass is 9.92. The number of anilines is 1. The van der Waals surface area contributed by atoms with E-state index in [2.05, 4.69) is 32.1 Å². The number of aromatic nitrogens is 2. The summed E-state index contributed by atoms with van der Waals surface area (Å²) in [6.45, 7) is 6.01. The van der Waals surface area contributed by atoms with Crippen molar-refractivity contribution in [2.45, 2.75) is 51.0 Å². The maximum absolute atomic E-state index is 5.40. The molecule has 0 bridgehead atoms. The third-order valence-corrected chi connectivity index (χ3v) is 5.93. The van der Waals surface area contributed by atoms with Crippen molar-refractivity contribution in [1.29, 1.82) is 0 Å². The predicted octanol–water partition coefficient (Wildman–Crippen LogP) is 2.51. The van der Waals surface area contributed by atoms with Crippen molar-refractivity contribution in [1.82, 2.24) is 15.1 Å². The van der Waals surface area contributed by atoms with Gasteiger partial charge in [0.25, 0.3) is 0 Å². The van der Waals surface area contributed by atoms with E-state index in [-0.39, 0.29) is 0 Å². The molecule has 0 aromatic carbocycles. The van der Waals surface area contributed by atoms with Gasteiger partial charge in [-0.05, 0) is 56.7 Å². The maximum atomic E-state index is 5.40. The molecule has 1 aliphatic carbocycles. The first-order valence-electron chi connectivity index (χ1n) is 9.78. The average molecular weight is 330 g/mol. The Hall–Kier alpha value is -1.20. The van der Waals surface area contributed by atoms with Gasteiger partial charge in [0, 0.05) is 25.7 Å². The first-order chi connectivity index (χ1) is 11.9. The zero-order valence-corrected chi connectivity index (χ0v) is 14.7. The van der Waals surface area contributed by atoms with Crippen molar-refractivity contribution in [3.63, 3.8) is 0 Å². The van der Waals surface area contributed by atoms with Gasteiger partial charge in [0.2, 0.25) is 0 Å². The molecular formula is C19H30N4O. The number of hydrogen-bond donors (Lipinski definition) is 0. The lowest BCUT2D eigenvalue weighted by Gasteiger charge is -2.36. The second kappa shape index (κ2) is 7.79. The quantitative estimate of drug-likeness (QED) is 0.848. The Kier molecular flexibility index (Phi) is 5.28. The number of nitrogens with zero attached hydrogens (tertiary/aromatic N) is 4. The molecule has 1 atom stereocenters. The predicted molar refractivity (Wildman–Crippen MR) is 95.3 cm³/mol. The highest BCUT2D eigenvalue weighted by molar-refractivity contribution is 5.37. The van der Waals surface area contributed by atoms with Gasteiger partial charge in [0.1, 0.15) is 0 Å². The molecule has 1 aromatic rings. The largest absolute Gasteiger partial charge is 0.378 e. The zero-order chi connectivity index (χ0) is 16.2. The van der Waals surface area contributed by atoms with E-state index in [0.29, 0.717) is 0 Å². The molecule has 5 heteroatoms. The summed E-state index contributed by atoms with van der Waals surface area (Å²) >= 11 is 0. The fourth-order valence-corrected chi connectivity index (χ4v) is 4.58. The van der Waals surface area contributed by atoms with Crippen molar-refractivity contribution in [2.24, 2.45) is 5.92 Å². The second-order valence-electron chi connectivity index (χ2n) is 7.63. The average Bonchev–Trinajstić information content (AvgIpc) is 3.18. The normalized spacial score (nSPS) is 26.8. The van der Waals surface area contributed by atoms with Crippen LogP contribution in [-0.2, 0) is 11.2 Å². The van der Waals surface area contributed by atoms with Gasteiger partial charge in [-0.15, -0.1) is 5.10 Å². The number of piperidine rings is 1. The van der Waals surface area contributed by atoms with E-state index in [1.54, 1.807) is 0 Å². The van der Waals surface area contributed by atoms with Gasteiger partial charge < -0.3 is 14.5 Å². The topological polar surface area (TPSA) is 41.5 Å². The molecule has 3 fully saturated rings. The van der Waals surface area contributed by atoms with Crippen LogP contribution in [0.1, 0.15) is 44.2 Å². The van der Waals surface area contributed by atoms with E-state index in [9.17, 15) is 0 Å². The minimum atomic E-state index is 0.753. The van der Waals surface area contributed by atoms with Gasteiger partial charge >= 0.3 is 0 Å². The lowest BCUT2D eigenvalue weighted by Crippen LogP contribution is -2.42. The monoisotopic (exact) mass is 330 g/mol. The molecule has 0 spiro atoms. The highest BCUT2D eigenvalue weighted by Gasteiger charge is 2.28. The Morgan fingerprint density at radius 3 is 2.54 bits per heavy atom. The van der Waals surface area contributed by atoms with Gasteiger partial charge in [-0.2, -0.15) is 5.10 Å². The minimum absolute atomic E-state index is 0.753. The van der Waals surface area contributed by atoms with Crippen molar-refractivity contribution < 1.29 is 4.74 Å². The number of rotatable bonds is 4. The molecule has 3 heterocycles. The van der Waals surface area contributed by atoms with Gasteiger partial charge in [-0.25, -0.2) is 0 Å². The molecular weight excluding hydrogens is 300 g/mol. The van der Waals surface area contributed by atoms with Crippen LogP contribution in [-0.4, -0.2) is 60.5 Å². The maximum Gasteiger partial charge on any atom is 0.151 e. The Morgan fingerprint density at radius 1 is 0.958 bits per heavy atom. The minimum Gasteiger partial charge on any atom is -0.378 e. The Morgan fingerprint density at radius 2 is 1.79 bits per heavy atom. The molecule has 4 rings (SSSR count). The number of ether oxygens (including phenoxy) is 1. The summed E-state index contributed by atoms with van der Waals surface area (Å²) < 4.78 is 5.40. The second-order valence-corrected chi connectivity index (χ2v) is 7.63. The Labute approximate surface area is 145 Å². The summed E-state index contributed by atoms with van der Waals surface area (Å²) in [7, 11) is 0. The fraction of sp³-hybridized carbons (Fsp3) is 0.789. The molecule has 0 radical (unpaired) electrons. The lowest BCUT2D eigenvalue weighted by molar-refractivity contribution is 0.122. The molecule has 0 amide bonds. The van der Waals surface area contributed by atoms with Crippen LogP contribution in [0, 0.1) is 5.92 Å². The van der Waals surface area contributed by atoms with Crippen molar-refractivity contribution in [3.05, 3.63) is 17.8 Å². The molecule has 2 aliphatic heterocycles. The first kappa shape index (κ1) is 16.3. The highest BCUT2D eigenvalue weighted by atomic mass is 16.5. The number of likely N-dealkylation sites (tertiary alicyclic amines) is 1. The molecule has 3 aliphatic rings. The summed E-state index contributed by atoms with van der Waals surface area (Å²) in [4.78, 5) is 5.03. The number of hydrogen-bond acceptors (Lipinski definition) is 5. The summed E-state index contributed by atoms with van der Waals surface area (Å²) in [5, 5.41) is 8.99. The van der Waals surface area contributed by atoms with Crippen LogP contribution in [0.4, 0.5) is 5.82 Å². The van der Waals surface area contributed by atoms with E-state index in [0.717, 1.165) is 56.2 Å². The van der Waals surface area contributed by atoms with E-state index < -0.39 is 0 Å². The molecule has 0 unspecified atom stereocenters. The summed E-state index contributed by atoms with van der Waals surface area (Å²) in [5.41, 5.74) is 1.16. The molecule has 132 valence electrons. The third-order valence-electron chi connectivity index (χ3n) is 5.93. The third kappa shape index (κ3) is 3.89.